The third-order valence-corrected chi connectivity index (χ3v) is 3.61. The molecule has 3 nitrogen and oxygen atoms in total. The molecule has 0 unspecified atom stereocenters. The van der Waals surface area contributed by atoms with E-state index in [4.69, 9.17) is 10.2 Å². The Morgan fingerprint density at radius 3 is 2.38 bits per heavy atom. The first-order valence-electron chi connectivity index (χ1n) is 6.98. The molecule has 0 fully saturated rings. The number of fused-ring (bicyclic) bond motifs is 1. The van der Waals surface area contributed by atoms with Crippen molar-refractivity contribution in [3.63, 3.8) is 0 Å². The van der Waals surface area contributed by atoms with Crippen molar-refractivity contribution < 1.29 is 4.42 Å². The number of anilines is 1. The van der Waals surface area contributed by atoms with E-state index in [1.165, 1.54) is 6.07 Å². The van der Waals surface area contributed by atoms with Crippen molar-refractivity contribution in [3.8, 4) is 11.3 Å². The monoisotopic (exact) mass is 279 g/mol. The third kappa shape index (κ3) is 2.55. The minimum absolute atomic E-state index is 0.0226. The van der Waals surface area contributed by atoms with Gasteiger partial charge in [0.05, 0.1) is 5.39 Å². The molecule has 0 atom stereocenters. The predicted octanol–water partition coefficient (Wildman–Crippen LogP) is 4.17. The number of hydrogen-bond acceptors (Lipinski definition) is 3. The van der Waals surface area contributed by atoms with Gasteiger partial charge in [0.15, 0.2) is 5.43 Å². The zero-order valence-electron chi connectivity index (χ0n) is 12.1. The van der Waals surface area contributed by atoms with Gasteiger partial charge < -0.3 is 10.2 Å². The Labute approximate surface area is 123 Å². The SMILES string of the molecule is CC(C)c1ccc2oc(-c3ccc(N)cc3)cc(=O)c2c1. The van der Waals surface area contributed by atoms with Gasteiger partial charge in [-0.15, -0.1) is 0 Å². The van der Waals surface area contributed by atoms with Gasteiger partial charge in [0.25, 0.3) is 0 Å². The number of hydrogen-bond donors (Lipinski definition) is 1. The van der Waals surface area contributed by atoms with Crippen LogP contribution in [0.4, 0.5) is 5.69 Å². The quantitative estimate of drug-likeness (QED) is 0.716. The van der Waals surface area contributed by atoms with Gasteiger partial charge in [-0.25, -0.2) is 0 Å². The van der Waals surface area contributed by atoms with Gasteiger partial charge in [0.2, 0.25) is 0 Å². The van der Waals surface area contributed by atoms with Crippen LogP contribution in [0.15, 0.2) is 57.7 Å². The van der Waals surface area contributed by atoms with Gasteiger partial charge in [-0.2, -0.15) is 0 Å². The van der Waals surface area contributed by atoms with E-state index in [0.29, 0.717) is 28.3 Å². The highest BCUT2D eigenvalue weighted by Crippen LogP contribution is 2.25. The molecule has 106 valence electrons. The maximum absolute atomic E-state index is 12.3. The van der Waals surface area contributed by atoms with E-state index in [0.717, 1.165) is 11.1 Å². The summed E-state index contributed by atoms with van der Waals surface area (Å²) in [5, 5.41) is 0.625. The van der Waals surface area contributed by atoms with Crippen LogP contribution in [0.1, 0.15) is 25.3 Å². The molecule has 0 aliphatic carbocycles. The highest BCUT2D eigenvalue weighted by molar-refractivity contribution is 5.79. The average molecular weight is 279 g/mol. The third-order valence-electron chi connectivity index (χ3n) is 3.61. The Kier molecular flexibility index (Phi) is 3.26. The Hall–Kier alpha value is -2.55. The van der Waals surface area contributed by atoms with Gasteiger partial charge in [-0.1, -0.05) is 19.9 Å². The Balaban J connectivity index is 2.18. The molecule has 3 heteroatoms. The lowest BCUT2D eigenvalue weighted by atomic mass is 10.0. The molecule has 3 rings (SSSR count). The van der Waals surface area contributed by atoms with Crippen molar-refractivity contribution in [2.75, 3.05) is 5.73 Å². The van der Waals surface area contributed by atoms with Crippen molar-refractivity contribution in [1.29, 1.82) is 0 Å². The smallest absolute Gasteiger partial charge is 0.193 e. The number of nitrogen functional groups attached to an aromatic ring is 1. The summed E-state index contributed by atoms with van der Waals surface area (Å²) in [4.78, 5) is 12.3. The summed E-state index contributed by atoms with van der Waals surface area (Å²) in [5.74, 6) is 0.940. The van der Waals surface area contributed by atoms with E-state index in [9.17, 15) is 4.79 Å². The van der Waals surface area contributed by atoms with Crippen LogP contribution < -0.4 is 11.2 Å². The molecule has 1 aromatic heterocycles. The van der Waals surface area contributed by atoms with Crippen molar-refractivity contribution in [1.82, 2.24) is 0 Å². The van der Waals surface area contributed by atoms with Gasteiger partial charge in [0, 0.05) is 17.3 Å². The second-order valence-corrected chi connectivity index (χ2v) is 5.51. The molecular formula is C18H17NO2. The molecule has 0 aliphatic heterocycles. The van der Waals surface area contributed by atoms with Crippen LogP contribution in [-0.2, 0) is 0 Å². The van der Waals surface area contributed by atoms with Crippen molar-refractivity contribution >= 4 is 16.7 Å². The second kappa shape index (κ2) is 5.09. The molecular weight excluding hydrogens is 262 g/mol. The molecule has 0 amide bonds. The molecule has 0 spiro atoms. The van der Waals surface area contributed by atoms with E-state index in [2.05, 4.69) is 13.8 Å². The summed E-state index contributed by atoms with van der Waals surface area (Å²) in [6, 6.07) is 14.6. The maximum Gasteiger partial charge on any atom is 0.193 e. The molecule has 0 bridgehead atoms. The van der Waals surface area contributed by atoms with Crippen LogP contribution in [0, 0.1) is 0 Å². The lowest BCUT2D eigenvalue weighted by Crippen LogP contribution is -2.01. The molecule has 2 aromatic carbocycles. The number of rotatable bonds is 2. The molecule has 0 aliphatic rings. The van der Waals surface area contributed by atoms with Crippen LogP contribution in [0.3, 0.4) is 0 Å². The summed E-state index contributed by atoms with van der Waals surface area (Å²) >= 11 is 0. The summed E-state index contributed by atoms with van der Waals surface area (Å²) in [7, 11) is 0. The van der Waals surface area contributed by atoms with E-state index in [-0.39, 0.29) is 5.43 Å². The molecule has 2 N–H and O–H groups in total. The maximum atomic E-state index is 12.3. The largest absolute Gasteiger partial charge is 0.456 e. The van der Waals surface area contributed by atoms with E-state index < -0.39 is 0 Å². The first-order chi connectivity index (χ1) is 10.0. The first-order valence-corrected chi connectivity index (χ1v) is 6.98. The highest BCUT2D eigenvalue weighted by Gasteiger charge is 2.09. The molecule has 0 saturated heterocycles. The lowest BCUT2D eigenvalue weighted by Gasteiger charge is -2.07. The number of benzene rings is 2. The molecule has 1 heterocycles. The van der Waals surface area contributed by atoms with E-state index in [1.54, 1.807) is 12.1 Å². The fourth-order valence-electron chi connectivity index (χ4n) is 2.32. The first kappa shape index (κ1) is 13.4. The normalized spacial score (nSPS) is 11.2. The van der Waals surface area contributed by atoms with Crippen LogP contribution in [-0.4, -0.2) is 0 Å². The predicted molar refractivity (Wildman–Crippen MR) is 86.4 cm³/mol. The van der Waals surface area contributed by atoms with Crippen molar-refractivity contribution in [3.05, 3.63) is 64.3 Å². The fraction of sp³-hybridized carbons (Fsp3) is 0.167. The van der Waals surface area contributed by atoms with Gasteiger partial charge in [-0.05, 0) is 47.9 Å². The Morgan fingerprint density at radius 1 is 1.00 bits per heavy atom. The summed E-state index contributed by atoms with van der Waals surface area (Å²) in [6.45, 7) is 4.21. The molecule has 0 saturated carbocycles. The van der Waals surface area contributed by atoms with Crippen molar-refractivity contribution in [2.45, 2.75) is 19.8 Å². The van der Waals surface area contributed by atoms with Gasteiger partial charge in [0.1, 0.15) is 11.3 Å². The number of nitrogens with two attached hydrogens (primary N) is 1. The standard InChI is InChI=1S/C18H17NO2/c1-11(2)13-5-8-17-15(9-13)16(20)10-18(21-17)12-3-6-14(19)7-4-12/h3-11H,19H2,1-2H3. The fourth-order valence-corrected chi connectivity index (χ4v) is 2.32. The van der Waals surface area contributed by atoms with Crippen molar-refractivity contribution in [2.24, 2.45) is 0 Å². The summed E-state index contributed by atoms with van der Waals surface area (Å²) in [6.07, 6.45) is 0. The minimum atomic E-state index is -0.0226. The van der Waals surface area contributed by atoms with Crippen LogP contribution in [0.2, 0.25) is 0 Å². The molecule has 0 radical (unpaired) electrons. The molecule has 3 aromatic rings. The van der Waals surface area contributed by atoms with E-state index >= 15 is 0 Å². The van der Waals surface area contributed by atoms with Gasteiger partial charge >= 0.3 is 0 Å². The van der Waals surface area contributed by atoms with Gasteiger partial charge in [-0.3, -0.25) is 4.79 Å². The van der Waals surface area contributed by atoms with Crippen LogP contribution >= 0.6 is 0 Å². The minimum Gasteiger partial charge on any atom is -0.456 e. The Morgan fingerprint density at radius 2 is 1.71 bits per heavy atom. The zero-order chi connectivity index (χ0) is 15.0. The molecule has 21 heavy (non-hydrogen) atoms. The van der Waals surface area contributed by atoms with E-state index in [1.807, 2.05) is 30.3 Å². The summed E-state index contributed by atoms with van der Waals surface area (Å²) in [5.41, 5.74) is 8.93. The van der Waals surface area contributed by atoms with Crippen LogP contribution in [0.25, 0.3) is 22.3 Å². The Bertz CT molecular complexity index is 845. The summed E-state index contributed by atoms with van der Waals surface area (Å²) < 4.78 is 5.86. The average Bonchev–Trinajstić information content (AvgIpc) is 2.47. The zero-order valence-corrected chi connectivity index (χ0v) is 12.1. The lowest BCUT2D eigenvalue weighted by molar-refractivity contribution is 0.618. The second-order valence-electron chi connectivity index (χ2n) is 5.51. The highest BCUT2D eigenvalue weighted by atomic mass is 16.3. The van der Waals surface area contributed by atoms with Crippen LogP contribution in [0.5, 0.6) is 0 Å². The topological polar surface area (TPSA) is 56.2 Å².